The number of nitrogens with one attached hydrogen (secondary N) is 2. The van der Waals surface area contributed by atoms with Crippen molar-refractivity contribution in [3.05, 3.63) is 28.6 Å². The highest BCUT2D eigenvalue weighted by molar-refractivity contribution is 7.21. The number of hydrogen-bond acceptors (Lipinski definition) is 5. The number of aryl methyl sites for hydroxylation is 1. The zero-order valence-corrected chi connectivity index (χ0v) is 15.9. The van der Waals surface area contributed by atoms with E-state index in [1.165, 1.54) is 11.3 Å². The van der Waals surface area contributed by atoms with Gasteiger partial charge in [0, 0.05) is 23.8 Å². The number of thiophene rings is 1. The highest BCUT2D eigenvalue weighted by Crippen LogP contribution is 2.34. The van der Waals surface area contributed by atoms with Crippen LogP contribution in [0.15, 0.2) is 18.2 Å². The molecule has 1 fully saturated rings. The normalized spacial score (nSPS) is 16.8. The second-order valence-electron chi connectivity index (χ2n) is 6.78. The third-order valence-electron chi connectivity index (χ3n) is 5.09. The molecule has 0 bridgehead atoms. The fourth-order valence-corrected chi connectivity index (χ4v) is 4.63. The zero-order valence-electron chi connectivity index (χ0n) is 15.1. The van der Waals surface area contributed by atoms with Crippen LogP contribution in [0.4, 0.5) is 0 Å². The number of benzene rings is 1. The van der Waals surface area contributed by atoms with Gasteiger partial charge in [-0.1, -0.05) is 0 Å². The summed E-state index contributed by atoms with van der Waals surface area (Å²) in [6, 6.07) is 5.95. The van der Waals surface area contributed by atoms with Crippen molar-refractivity contribution < 1.29 is 14.3 Å². The van der Waals surface area contributed by atoms with Crippen molar-refractivity contribution in [3.8, 4) is 5.75 Å². The van der Waals surface area contributed by atoms with Crippen LogP contribution in [0, 0.1) is 12.3 Å². The van der Waals surface area contributed by atoms with Gasteiger partial charge in [0.1, 0.15) is 5.75 Å². The Kier molecular flexibility index (Phi) is 5.61. The van der Waals surface area contributed by atoms with Crippen LogP contribution in [0.5, 0.6) is 5.75 Å². The van der Waals surface area contributed by atoms with Gasteiger partial charge in [-0.2, -0.15) is 0 Å². The fourth-order valence-electron chi connectivity index (χ4n) is 3.53. The molecular formula is C19H26N2O3S. The largest absolute Gasteiger partial charge is 0.497 e. The van der Waals surface area contributed by atoms with Crippen LogP contribution in [0.3, 0.4) is 0 Å². The van der Waals surface area contributed by atoms with Crippen LogP contribution in [0.25, 0.3) is 10.1 Å². The Morgan fingerprint density at radius 3 is 2.76 bits per heavy atom. The van der Waals surface area contributed by atoms with Crippen LogP contribution in [-0.2, 0) is 4.74 Å². The van der Waals surface area contributed by atoms with E-state index >= 15 is 0 Å². The number of piperidine rings is 1. The Balaban J connectivity index is 1.76. The molecule has 6 heteroatoms. The van der Waals surface area contributed by atoms with Crippen molar-refractivity contribution in [1.82, 2.24) is 10.6 Å². The van der Waals surface area contributed by atoms with Gasteiger partial charge in [-0.3, -0.25) is 4.79 Å². The van der Waals surface area contributed by atoms with E-state index < -0.39 is 0 Å². The molecule has 2 aromatic rings. The van der Waals surface area contributed by atoms with Crippen molar-refractivity contribution in [2.45, 2.75) is 19.8 Å². The maximum absolute atomic E-state index is 12.8. The molecule has 1 aliphatic rings. The quantitative estimate of drug-likeness (QED) is 0.829. The monoisotopic (exact) mass is 362 g/mol. The Morgan fingerprint density at radius 1 is 1.32 bits per heavy atom. The summed E-state index contributed by atoms with van der Waals surface area (Å²) in [6.07, 6.45) is 2.04. The van der Waals surface area contributed by atoms with Crippen molar-refractivity contribution in [1.29, 1.82) is 0 Å². The van der Waals surface area contributed by atoms with E-state index in [0.717, 1.165) is 52.2 Å². The summed E-state index contributed by atoms with van der Waals surface area (Å²) in [5.74, 6) is 0.820. The first-order chi connectivity index (χ1) is 12.1. The Morgan fingerprint density at radius 2 is 2.08 bits per heavy atom. The molecule has 1 aromatic carbocycles. The smallest absolute Gasteiger partial charge is 0.261 e. The Bertz CT molecular complexity index is 745. The second kappa shape index (κ2) is 7.72. The third kappa shape index (κ3) is 3.81. The summed E-state index contributed by atoms with van der Waals surface area (Å²) in [5.41, 5.74) is 1.05. The topological polar surface area (TPSA) is 59.6 Å². The van der Waals surface area contributed by atoms with Crippen LogP contribution < -0.4 is 15.4 Å². The van der Waals surface area contributed by atoms with Gasteiger partial charge in [-0.15, -0.1) is 11.3 Å². The lowest BCUT2D eigenvalue weighted by molar-refractivity contribution is 0.0512. The molecule has 5 nitrogen and oxygen atoms in total. The molecule has 25 heavy (non-hydrogen) atoms. The summed E-state index contributed by atoms with van der Waals surface area (Å²) < 4.78 is 11.8. The molecule has 0 unspecified atom stereocenters. The number of methoxy groups -OCH3 is 2. The Labute approximate surface area is 152 Å². The molecule has 0 radical (unpaired) electrons. The number of carbonyl (C=O) groups is 1. The lowest BCUT2D eigenvalue weighted by Gasteiger charge is -2.37. The van der Waals surface area contributed by atoms with E-state index in [-0.39, 0.29) is 11.3 Å². The molecule has 0 spiro atoms. The molecule has 0 aliphatic carbocycles. The molecule has 2 N–H and O–H groups in total. The summed E-state index contributed by atoms with van der Waals surface area (Å²) in [7, 11) is 3.39. The van der Waals surface area contributed by atoms with Crippen LogP contribution in [0.1, 0.15) is 28.1 Å². The van der Waals surface area contributed by atoms with Crippen LogP contribution in [-0.4, -0.2) is 46.4 Å². The molecular weight excluding hydrogens is 336 g/mol. The first-order valence-corrected chi connectivity index (χ1v) is 9.45. The van der Waals surface area contributed by atoms with Gasteiger partial charge in [-0.05, 0) is 62.0 Å². The maximum atomic E-state index is 12.8. The summed E-state index contributed by atoms with van der Waals surface area (Å²) in [6.45, 7) is 5.28. The maximum Gasteiger partial charge on any atom is 0.261 e. The highest BCUT2D eigenvalue weighted by Gasteiger charge is 2.33. The Hall–Kier alpha value is -1.63. The number of ether oxygens (including phenoxy) is 2. The lowest BCUT2D eigenvalue weighted by Crippen LogP contribution is -2.47. The standard InChI is InChI=1S/C19H26N2O3S/c1-13-15-10-14(24-3)4-5-16(15)25-17(13)18(22)21-11-19(12-23-2)6-8-20-9-7-19/h4-5,10,20H,6-9,11-12H2,1-3H3,(H,21,22). The van der Waals surface area contributed by atoms with E-state index in [1.807, 2.05) is 25.1 Å². The number of amides is 1. The average Bonchev–Trinajstić information content (AvgIpc) is 2.97. The van der Waals surface area contributed by atoms with Gasteiger partial charge in [0.05, 0.1) is 18.6 Å². The molecule has 2 heterocycles. The van der Waals surface area contributed by atoms with Gasteiger partial charge < -0.3 is 20.1 Å². The minimum atomic E-state index is 0.00618. The first-order valence-electron chi connectivity index (χ1n) is 8.63. The molecule has 0 atom stereocenters. The average molecular weight is 362 g/mol. The predicted octanol–water partition coefficient (Wildman–Crippen LogP) is 2.96. The minimum Gasteiger partial charge on any atom is -0.497 e. The molecule has 1 aliphatic heterocycles. The molecule has 1 amide bonds. The van der Waals surface area contributed by atoms with Gasteiger partial charge >= 0.3 is 0 Å². The molecule has 0 saturated carbocycles. The lowest BCUT2D eigenvalue weighted by atomic mass is 9.79. The minimum absolute atomic E-state index is 0.00618. The number of hydrogen-bond donors (Lipinski definition) is 2. The van der Waals surface area contributed by atoms with E-state index in [9.17, 15) is 4.79 Å². The van der Waals surface area contributed by atoms with E-state index in [1.54, 1.807) is 14.2 Å². The predicted molar refractivity (Wildman–Crippen MR) is 102 cm³/mol. The van der Waals surface area contributed by atoms with Gasteiger partial charge in [0.25, 0.3) is 5.91 Å². The second-order valence-corrected chi connectivity index (χ2v) is 7.84. The van der Waals surface area contributed by atoms with E-state index in [4.69, 9.17) is 9.47 Å². The van der Waals surface area contributed by atoms with Crippen LogP contribution in [0.2, 0.25) is 0 Å². The highest BCUT2D eigenvalue weighted by atomic mass is 32.1. The molecule has 1 aromatic heterocycles. The summed E-state index contributed by atoms with van der Waals surface area (Å²) in [4.78, 5) is 13.6. The van der Waals surface area contributed by atoms with Crippen molar-refractivity contribution in [3.63, 3.8) is 0 Å². The zero-order chi connectivity index (χ0) is 17.9. The number of carbonyl (C=O) groups excluding carboxylic acids is 1. The van der Waals surface area contributed by atoms with E-state index in [0.29, 0.717) is 13.2 Å². The fraction of sp³-hybridized carbons (Fsp3) is 0.526. The molecule has 1 saturated heterocycles. The van der Waals surface area contributed by atoms with Gasteiger partial charge in [0.2, 0.25) is 0 Å². The third-order valence-corrected chi connectivity index (χ3v) is 6.36. The molecule has 136 valence electrons. The number of rotatable bonds is 6. The van der Waals surface area contributed by atoms with Gasteiger partial charge in [-0.25, -0.2) is 0 Å². The number of fused-ring (bicyclic) bond motifs is 1. The van der Waals surface area contributed by atoms with Crippen molar-refractivity contribution in [2.75, 3.05) is 40.5 Å². The van der Waals surface area contributed by atoms with E-state index in [2.05, 4.69) is 10.6 Å². The first kappa shape index (κ1) is 18.2. The van der Waals surface area contributed by atoms with Crippen molar-refractivity contribution in [2.24, 2.45) is 5.41 Å². The van der Waals surface area contributed by atoms with Gasteiger partial charge in [0.15, 0.2) is 0 Å². The summed E-state index contributed by atoms with van der Waals surface area (Å²) >= 11 is 1.54. The molecule has 3 rings (SSSR count). The van der Waals surface area contributed by atoms with Crippen molar-refractivity contribution >= 4 is 27.3 Å². The SMILES string of the molecule is COCC1(CNC(=O)c2sc3ccc(OC)cc3c2C)CCNCC1. The summed E-state index contributed by atoms with van der Waals surface area (Å²) in [5, 5.41) is 7.62. The van der Waals surface area contributed by atoms with Crippen LogP contribution >= 0.6 is 11.3 Å².